The van der Waals surface area contributed by atoms with E-state index >= 15 is 0 Å². The van der Waals surface area contributed by atoms with Gasteiger partial charge < -0.3 is 15.0 Å². The van der Waals surface area contributed by atoms with Gasteiger partial charge in [0.1, 0.15) is 11.9 Å². The Morgan fingerprint density at radius 1 is 1.06 bits per heavy atom. The Bertz CT molecular complexity index is 839. The highest BCUT2D eigenvalue weighted by Crippen LogP contribution is 2.13. The summed E-state index contributed by atoms with van der Waals surface area (Å²) in [7, 11) is 0. The first-order chi connectivity index (χ1) is 15.0. The molecule has 0 spiro atoms. The first kappa shape index (κ1) is 22.9. The van der Waals surface area contributed by atoms with Crippen LogP contribution in [0.5, 0.6) is 0 Å². The van der Waals surface area contributed by atoms with Crippen LogP contribution in [0.3, 0.4) is 0 Å². The quantitative estimate of drug-likeness (QED) is 0.667. The molecule has 1 heterocycles. The zero-order valence-electron chi connectivity index (χ0n) is 17.9. The van der Waals surface area contributed by atoms with E-state index in [0.29, 0.717) is 19.8 Å². The van der Waals surface area contributed by atoms with E-state index in [-0.39, 0.29) is 30.6 Å². The number of nitrogens with zero attached hydrogens (tertiary/aromatic N) is 2. The maximum Gasteiger partial charge on any atom is 0.242 e. The van der Waals surface area contributed by atoms with Crippen molar-refractivity contribution in [1.82, 2.24) is 15.1 Å². The van der Waals surface area contributed by atoms with Crippen LogP contribution in [0.2, 0.25) is 0 Å². The van der Waals surface area contributed by atoms with Gasteiger partial charge in [0.15, 0.2) is 0 Å². The molecule has 2 aromatic rings. The van der Waals surface area contributed by atoms with Crippen molar-refractivity contribution >= 4 is 11.8 Å². The molecule has 7 heteroatoms. The molecule has 0 unspecified atom stereocenters. The lowest BCUT2D eigenvalue weighted by Crippen LogP contribution is -2.49. The first-order valence-electron chi connectivity index (χ1n) is 10.7. The van der Waals surface area contributed by atoms with E-state index in [1.165, 1.54) is 12.1 Å². The summed E-state index contributed by atoms with van der Waals surface area (Å²) in [6.45, 7) is 6.38. The van der Waals surface area contributed by atoms with E-state index in [0.717, 1.165) is 30.8 Å². The van der Waals surface area contributed by atoms with E-state index < -0.39 is 6.04 Å². The minimum absolute atomic E-state index is 0.147. The number of hydrogen-bond acceptors (Lipinski definition) is 4. The van der Waals surface area contributed by atoms with Crippen molar-refractivity contribution in [3.05, 3.63) is 71.5 Å². The van der Waals surface area contributed by atoms with Gasteiger partial charge in [-0.2, -0.15) is 0 Å². The number of benzene rings is 2. The predicted octanol–water partition coefficient (Wildman–Crippen LogP) is 2.23. The molecule has 0 saturated carbocycles. The number of halogens is 1. The molecule has 1 aliphatic heterocycles. The van der Waals surface area contributed by atoms with Crippen LogP contribution in [0.1, 0.15) is 18.1 Å². The Balaban J connectivity index is 1.63. The fraction of sp³-hybridized carbons (Fsp3) is 0.417. The Labute approximate surface area is 183 Å². The summed E-state index contributed by atoms with van der Waals surface area (Å²) in [5, 5.41) is 2.95. The Hall–Kier alpha value is -2.77. The Kier molecular flexibility index (Phi) is 8.55. The number of carbonyl (C=O) groups is 2. The van der Waals surface area contributed by atoms with Gasteiger partial charge in [0, 0.05) is 32.7 Å². The van der Waals surface area contributed by atoms with Crippen LogP contribution in [-0.4, -0.2) is 67.0 Å². The van der Waals surface area contributed by atoms with Crippen LogP contribution >= 0.6 is 0 Å². The number of morpholine rings is 1. The molecular formula is C24H30FN3O3. The average molecular weight is 428 g/mol. The molecule has 1 aliphatic rings. The van der Waals surface area contributed by atoms with Gasteiger partial charge in [0.05, 0.1) is 19.6 Å². The first-order valence-corrected chi connectivity index (χ1v) is 10.7. The van der Waals surface area contributed by atoms with Crippen LogP contribution in [0.4, 0.5) is 4.39 Å². The van der Waals surface area contributed by atoms with Gasteiger partial charge in [-0.15, -0.1) is 0 Å². The topological polar surface area (TPSA) is 61.9 Å². The highest BCUT2D eigenvalue weighted by molar-refractivity contribution is 5.88. The Morgan fingerprint density at radius 3 is 2.42 bits per heavy atom. The van der Waals surface area contributed by atoms with Gasteiger partial charge in [0.25, 0.3) is 0 Å². The lowest BCUT2D eigenvalue weighted by molar-refractivity contribution is -0.140. The number of amides is 2. The monoisotopic (exact) mass is 427 g/mol. The van der Waals surface area contributed by atoms with Gasteiger partial charge in [-0.05, 0) is 30.2 Å². The van der Waals surface area contributed by atoms with Gasteiger partial charge in [-0.1, -0.05) is 42.5 Å². The van der Waals surface area contributed by atoms with Crippen molar-refractivity contribution in [2.45, 2.75) is 25.9 Å². The third-order valence-electron chi connectivity index (χ3n) is 5.46. The summed E-state index contributed by atoms with van der Waals surface area (Å²) in [6.07, 6.45) is 0.202. The number of ether oxygens (including phenoxy) is 1. The fourth-order valence-electron chi connectivity index (χ4n) is 3.55. The molecule has 0 bridgehead atoms. The zero-order valence-corrected chi connectivity index (χ0v) is 17.9. The minimum Gasteiger partial charge on any atom is -0.379 e. The Morgan fingerprint density at radius 2 is 1.74 bits per heavy atom. The maximum atomic E-state index is 13.3. The molecular weight excluding hydrogens is 397 g/mol. The summed E-state index contributed by atoms with van der Waals surface area (Å²) >= 11 is 0. The van der Waals surface area contributed by atoms with Gasteiger partial charge in [0.2, 0.25) is 11.8 Å². The molecule has 0 radical (unpaired) electrons. The number of hydrogen-bond donors (Lipinski definition) is 1. The lowest BCUT2D eigenvalue weighted by Gasteiger charge is -2.30. The second-order valence-corrected chi connectivity index (χ2v) is 7.73. The zero-order chi connectivity index (χ0) is 22.1. The SMILES string of the molecule is C[C@H](C(=O)NCCN1CCOCC1)N(Cc1ccc(F)cc1)C(=O)Cc1ccccc1. The van der Waals surface area contributed by atoms with Crippen LogP contribution in [0.25, 0.3) is 0 Å². The number of nitrogens with one attached hydrogen (secondary N) is 1. The fourth-order valence-corrected chi connectivity index (χ4v) is 3.55. The second-order valence-electron chi connectivity index (χ2n) is 7.73. The van der Waals surface area contributed by atoms with E-state index in [1.807, 2.05) is 30.3 Å². The molecule has 1 fully saturated rings. The standard InChI is InChI=1S/C24H30FN3O3/c1-19(24(30)26-11-12-27-13-15-31-16-14-27)28(18-21-7-9-22(25)10-8-21)23(29)17-20-5-3-2-4-6-20/h2-10,19H,11-18H2,1H3,(H,26,30)/t19-/m1/s1. The molecule has 2 amide bonds. The summed E-state index contributed by atoms with van der Waals surface area (Å²) in [4.78, 5) is 29.7. The van der Waals surface area contributed by atoms with E-state index in [9.17, 15) is 14.0 Å². The number of rotatable bonds is 9. The summed E-state index contributed by atoms with van der Waals surface area (Å²) < 4.78 is 18.6. The predicted molar refractivity (Wildman–Crippen MR) is 117 cm³/mol. The van der Waals surface area contributed by atoms with Crippen LogP contribution < -0.4 is 5.32 Å². The van der Waals surface area contributed by atoms with E-state index in [1.54, 1.807) is 24.0 Å². The molecule has 31 heavy (non-hydrogen) atoms. The third kappa shape index (κ3) is 7.15. The highest BCUT2D eigenvalue weighted by Gasteiger charge is 2.26. The smallest absolute Gasteiger partial charge is 0.242 e. The largest absolute Gasteiger partial charge is 0.379 e. The summed E-state index contributed by atoms with van der Waals surface area (Å²) in [5.74, 6) is -0.678. The van der Waals surface area contributed by atoms with Crippen molar-refractivity contribution in [1.29, 1.82) is 0 Å². The van der Waals surface area contributed by atoms with Crippen molar-refractivity contribution < 1.29 is 18.7 Å². The molecule has 1 N–H and O–H groups in total. The summed E-state index contributed by atoms with van der Waals surface area (Å²) in [6, 6.07) is 14.8. The number of carbonyl (C=O) groups excluding carboxylic acids is 2. The molecule has 1 saturated heterocycles. The average Bonchev–Trinajstić information content (AvgIpc) is 2.79. The molecule has 0 aliphatic carbocycles. The molecule has 0 aromatic heterocycles. The van der Waals surface area contributed by atoms with Gasteiger partial charge in [-0.25, -0.2) is 4.39 Å². The second kappa shape index (κ2) is 11.6. The van der Waals surface area contributed by atoms with Crippen molar-refractivity contribution in [3.8, 4) is 0 Å². The highest BCUT2D eigenvalue weighted by atomic mass is 19.1. The van der Waals surface area contributed by atoms with Crippen molar-refractivity contribution in [2.75, 3.05) is 39.4 Å². The van der Waals surface area contributed by atoms with E-state index in [4.69, 9.17) is 4.74 Å². The maximum absolute atomic E-state index is 13.3. The lowest BCUT2D eigenvalue weighted by atomic mass is 10.1. The van der Waals surface area contributed by atoms with Gasteiger partial charge in [-0.3, -0.25) is 14.5 Å². The van der Waals surface area contributed by atoms with Crippen LogP contribution in [-0.2, 0) is 27.3 Å². The molecule has 3 rings (SSSR count). The normalized spacial score (nSPS) is 15.3. The molecule has 2 aromatic carbocycles. The molecule has 1 atom stereocenters. The molecule has 166 valence electrons. The third-order valence-corrected chi connectivity index (χ3v) is 5.46. The molecule has 6 nitrogen and oxygen atoms in total. The minimum atomic E-state index is -0.647. The van der Waals surface area contributed by atoms with E-state index in [2.05, 4.69) is 10.2 Å². The van der Waals surface area contributed by atoms with Gasteiger partial charge >= 0.3 is 0 Å². The van der Waals surface area contributed by atoms with Crippen LogP contribution in [0, 0.1) is 5.82 Å². The van der Waals surface area contributed by atoms with Crippen molar-refractivity contribution in [2.24, 2.45) is 0 Å². The summed E-state index contributed by atoms with van der Waals surface area (Å²) in [5.41, 5.74) is 1.66. The van der Waals surface area contributed by atoms with Crippen LogP contribution in [0.15, 0.2) is 54.6 Å². The van der Waals surface area contributed by atoms with Crippen molar-refractivity contribution in [3.63, 3.8) is 0 Å².